The molecule has 1 saturated heterocycles. The van der Waals surface area contributed by atoms with Crippen LogP contribution in [0.3, 0.4) is 0 Å². The number of hydrogen-bond acceptors (Lipinski definition) is 3. The molecule has 0 aliphatic carbocycles. The summed E-state index contributed by atoms with van der Waals surface area (Å²) < 4.78 is 5.51. The molecule has 0 spiro atoms. The number of nitrogens with zero attached hydrogens (tertiary/aromatic N) is 1. The zero-order valence-electron chi connectivity index (χ0n) is 11.5. The van der Waals surface area contributed by atoms with Crippen LogP contribution >= 0.6 is 0 Å². The minimum Gasteiger partial charge on any atom is -0.460 e. The molecule has 0 N–H and O–H groups in total. The second-order valence-electron chi connectivity index (χ2n) is 6.35. The Hall–Kier alpha value is -0.570. The minimum absolute atomic E-state index is 0.0417. The van der Waals surface area contributed by atoms with Crippen LogP contribution in [-0.2, 0) is 9.53 Å². The molecule has 0 aromatic rings. The molecule has 1 heterocycles. The molecular weight excluding hydrogens is 202 g/mol. The summed E-state index contributed by atoms with van der Waals surface area (Å²) in [6, 6.07) is 0.450. The predicted octanol–water partition coefficient (Wildman–Crippen LogP) is 2.45. The highest BCUT2D eigenvalue weighted by molar-refractivity contribution is 5.77. The summed E-state index contributed by atoms with van der Waals surface area (Å²) in [5.41, 5.74) is -0.689. The zero-order chi connectivity index (χ0) is 12.6. The minimum atomic E-state index is -0.382. The highest BCUT2D eigenvalue weighted by atomic mass is 16.6. The highest BCUT2D eigenvalue weighted by Gasteiger charge is 2.41. The summed E-state index contributed by atoms with van der Waals surface area (Å²) in [5.74, 6) is -0.0417. The van der Waals surface area contributed by atoms with Crippen LogP contribution in [0, 0.1) is 5.41 Å². The summed E-state index contributed by atoms with van der Waals surface area (Å²) in [6.45, 7) is 10.9. The zero-order valence-corrected chi connectivity index (χ0v) is 11.5. The van der Waals surface area contributed by atoms with Crippen molar-refractivity contribution in [1.82, 2.24) is 4.90 Å². The van der Waals surface area contributed by atoms with Gasteiger partial charge in [0.15, 0.2) is 0 Å². The van der Waals surface area contributed by atoms with Crippen LogP contribution in [-0.4, -0.2) is 36.1 Å². The van der Waals surface area contributed by atoms with E-state index < -0.39 is 0 Å². The monoisotopic (exact) mass is 227 g/mol. The summed E-state index contributed by atoms with van der Waals surface area (Å²) in [5, 5.41) is 0. The Kier molecular flexibility index (Phi) is 3.68. The van der Waals surface area contributed by atoms with Crippen molar-refractivity contribution < 1.29 is 9.53 Å². The van der Waals surface area contributed by atoms with E-state index in [4.69, 9.17) is 4.74 Å². The van der Waals surface area contributed by atoms with Crippen LogP contribution < -0.4 is 0 Å². The lowest BCUT2D eigenvalue weighted by Crippen LogP contribution is -2.47. The maximum Gasteiger partial charge on any atom is 0.312 e. The van der Waals surface area contributed by atoms with Crippen LogP contribution in [0.25, 0.3) is 0 Å². The first-order chi connectivity index (χ1) is 7.14. The number of carbonyl (C=O) groups is 1. The molecule has 0 bridgehead atoms. The average molecular weight is 227 g/mol. The first-order valence-electron chi connectivity index (χ1n) is 6.08. The van der Waals surface area contributed by atoms with Crippen molar-refractivity contribution in [3.8, 4) is 0 Å². The highest BCUT2D eigenvalue weighted by Crippen LogP contribution is 2.36. The fourth-order valence-electron chi connectivity index (χ4n) is 2.14. The van der Waals surface area contributed by atoms with Crippen molar-refractivity contribution in [3.05, 3.63) is 0 Å². The van der Waals surface area contributed by atoms with E-state index in [-0.39, 0.29) is 17.0 Å². The lowest BCUT2D eigenvalue weighted by molar-refractivity contribution is -0.170. The number of esters is 1. The molecule has 2 unspecified atom stereocenters. The average Bonchev–Trinajstić information content (AvgIpc) is 2.09. The lowest BCUT2D eigenvalue weighted by Gasteiger charge is -2.41. The molecule has 3 heteroatoms. The predicted molar refractivity (Wildman–Crippen MR) is 65.3 cm³/mol. The van der Waals surface area contributed by atoms with Crippen molar-refractivity contribution in [1.29, 1.82) is 0 Å². The van der Waals surface area contributed by atoms with Gasteiger partial charge in [0.05, 0.1) is 5.41 Å². The molecule has 3 nitrogen and oxygen atoms in total. The van der Waals surface area contributed by atoms with Gasteiger partial charge in [-0.15, -0.1) is 0 Å². The van der Waals surface area contributed by atoms with Crippen molar-refractivity contribution in [2.24, 2.45) is 5.41 Å². The summed E-state index contributed by atoms with van der Waals surface area (Å²) >= 11 is 0. The second kappa shape index (κ2) is 4.36. The number of likely N-dealkylation sites (tertiary alicyclic amines) is 1. The van der Waals surface area contributed by atoms with Crippen molar-refractivity contribution in [3.63, 3.8) is 0 Å². The smallest absolute Gasteiger partial charge is 0.312 e. The van der Waals surface area contributed by atoms with Crippen molar-refractivity contribution in [2.45, 2.75) is 59.1 Å². The molecule has 1 fully saturated rings. The summed E-state index contributed by atoms with van der Waals surface area (Å²) in [7, 11) is 2.11. The molecule has 16 heavy (non-hydrogen) atoms. The Morgan fingerprint density at radius 1 is 1.44 bits per heavy atom. The van der Waals surface area contributed by atoms with Gasteiger partial charge in [-0.3, -0.25) is 4.79 Å². The van der Waals surface area contributed by atoms with Gasteiger partial charge in [-0.2, -0.15) is 0 Å². The van der Waals surface area contributed by atoms with E-state index in [9.17, 15) is 4.79 Å². The Morgan fingerprint density at radius 3 is 2.44 bits per heavy atom. The molecule has 1 aliphatic heterocycles. The summed E-state index contributed by atoms with van der Waals surface area (Å²) in [4.78, 5) is 14.4. The maximum absolute atomic E-state index is 12.1. The first kappa shape index (κ1) is 13.5. The molecule has 1 rings (SSSR count). The van der Waals surface area contributed by atoms with Crippen LogP contribution in [0.1, 0.15) is 47.5 Å². The van der Waals surface area contributed by atoms with E-state index in [0.29, 0.717) is 6.04 Å². The Balaban J connectivity index is 2.68. The fourth-order valence-corrected chi connectivity index (χ4v) is 2.14. The van der Waals surface area contributed by atoms with Crippen molar-refractivity contribution >= 4 is 5.97 Å². The molecule has 0 saturated carbocycles. The van der Waals surface area contributed by atoms with Gasteiger partial charge in [0.1, 0.15) is 5.60 Å². The van der Waals surface area contributed by atoms with Gasteiger partial charge in [-0.05, 0) is 61.1 Å². The number of carbonyl (C=O) groups excluding carboxylic acids is 1. The van der Waals surface area contributed by atoms with Crippen LogP contribution in [0.4, 0.5) is 0 Å². The number of rotatable bonds is 1. The quantitative estimate of drug-likeness (QED) is 0.644. The van der Waals surface area contributed by atoms with Crippen LogP contribution in [0.2, 0.25) is 0 Å². The molecular formula is C13H25NO2. The van der Waals surface area contributed by atoms with Gasteiger partial charge in [-0.1, -0.05) is 0 Å². The Morgan fingerprint density at radius 2 is 2.00 bits per heavy atom. The standard InChI is InChI=1S/C13H25NO2/c1-10-9-13(5,7-8-14(10)6)11(15)16-12(2,3)4/h10H,7-9H2,1-6H3. The number of ether oxygens (including phenoxy) is 1. The van der Waals surface area contributed by atoms with Gasteiger partial charge in [0.25, 0.3) is 0 Å². The maximum atomic E-state index is 12.1. The van der Waals surface area contributed by atoms with Gasteiger partial charge in [0.2, 0.25) is 0 Å². The third kappa shape index (κ3) is 3.21. The first-order valence-corrected chi connectivity index (χ1v) is 6.08. The van der Waals surface area contributed by atoms with E-state index >= 15 is 0 Å². The molecule has 2 atom stereocenters. The van der Waals surface area contributed by atoms with Gasteiger partial charge >= 0.3 is 5.97 Å². The van der Waals surface area contributed by atoms with E-state index in [2.05, 4.69) is 18.9 Å². The van der Waals surface area contributed by atoms with Crippen molar-refractivity contribution in [2.75, 3.05) is 13.6 Å². The van der Waals surface area contributed by atoms with Crippen LogP contribution in [0.5, 0.6) is 0 Å². The molecule has 1 aliphatic rings. The Labute approximate surface area is 99.1 Å². The third-order valence-corrected chi connectivity index (χ3v) is 3.41. The van der Waals surface area contributed by atoms with Gasteiger partial charge < -0.3 is 9.64 Å². The molecule has 0 amide bonds. The van der Waals surface area contributed by atoms with E-state index in [0.717, 1.165) is 19.4 Å². The van der Waals surface area contributed by atoms with Gasteiger partial charge in [-0.25, -0.2) is 0 Å². The number of piperidine rings is 1. The van der Waals surface area contributed by atoms with Gasteiger partial charge in [0, 0.05) is 6.04 Å². The SMILES string of the molecule is CC1CC(C)(C(=O)OC(C)(C)C)CCN1C. The normalized spacial score (nSPS) is 32.5. The van der Waals surface area contributed by atoms with E-state index in [1.54, 1.807) is 0 Å². The fraction of sp³-hybridized carbons (Fsp3) is 0.923. The molecule has 0 aromatic heterocycles. The summed E-state index contributed by atoms with van der Waals surface area (Å²) in [6.07, 6.45) is 1.78. The lowest BCUT2D eigenvalue weighted by atomic mass is 9.77. The molecule has 94 valence electrons. The Bertz CT molecular complexity index is 270. The topological polar surface area (TPSA) is 29.5 Å². The third-order valence-electron chi connectivity index (χ3n) is 3.41. The number of hydrogen-bond donors (Lipinski definition) is 0. The van der Waals surface area contributed by atoms with E-state index in [1.165, 1.54) is 0 Å². The van der Waals surface area contributed by atoms with E-state index in [1.807, 2.05) is 27.7 Å². The second-order valence-corrected chi connectivity index (χ2v) is 6.35. The molecule has 0 radical (unpaired) electrons. The molecule has 0 aromatic carbocycles. The van der Waals surface area contributed by atoms with Crippen LogP contribution in [0.15, 0.2) is 0 Å². The largest absolute Gasteiger partial charge is 0.460 e.